The summed E-state index contributed by atoms with van der Waals surface area (Å²) in [6.45, 7) is -0.104. The van der Waals surface area contributed by atoms with Crippen LogP contribution in [0.15, 0.2) is 47.3 Å². The fourth-order valence-electron chi connectivity index (χ4n) is 3.27. The molecule has 0 saturated carbocycles. The van der Waals surface area contributed by atoms with E-state index in [1.54, 1.807) is 56.6 Å². The van der Waals surface area contributed by atoms with E-state index in [0.717, 1.165) is 5.56 Å². The van der Waals surface area contributed by atoms with Crippen molar-refractivity contribution in [1.29, 1.82) is 5.41 Å². The molecular weight excluding hydrogens is 458 g/mol. The largest absolute Gasteiger partial charge is 0.399 e. The number of halogens is 1. The number of rotatable bonds is 8. The zero-order valence-electron chi connectivity index (χ0n) is 18.7. The molecule has 1 aromatic heterocycles. The van der Waals surface area contributed by atoms with E-state index in [9.17, 15) is 9.59 Å². The van der Waals surface area contributed by atoms with Crippen LogP contribution >= 0.6 is 11.6 Å². The summed E-state index contributed by atoms with van der Waals surface area (Å²) in [4.78, 5) is 30.2. The van der Waals surface area contributed by atoms with Gasteiger partial charge in [-0.15, -0.1) is 0 Å². The van der Waals surface area contributed by atoms with Gasteiger partial charge in [0.1, 0.15) is 12.4 Å². The molecule has 0 radical (unpaired) electrons. The third kappa shape index (κ3) is 5.82. The van der Waals surface area contributed by atoms with Crippen molar-refractivity contribution in [3.05, 3.63) is 69.1 Å². The van der Waals surface area contributed by atoms with Crippen LogP contribution < -0.4 is 33.5 Å². The highest BCUT2D eigenvalue weighted by atomic mass is 35.5. The van der Waals surface area contributed by atoms with Crippen LogP contribution in [-0.2, 0) is 17.9 Å². The number of anilines is 3. The smallest absolute Gasteiger partial charge is 0.295 e. The molecule has 178 valence electrons. The first-order chi connectivity index (χ1) is 16.0. The number of nitrogens with one attached hydrogen (secondary N) is 3. The monoisotopic (exact) mass is 483 g/mol. The molecule has 0 aliphatic carbocycles. The van der Waals surface area contributed by atoms with Crippen LogP contribution in [0.2, 0.25) is 5.15 Å². The summed E-state index contributed by atoms with van der Waals surface area (Å²) in [7, 11) is 3.38. The van der Waals surface area contributed by atoms with E-state index in [1.165, 1.54) is 9.58 Å². The predicted octanol–water partition coefficient (Wildman–Crippen LogP) is 1.22. The van der Waals surface area contributed by atoms with Gasteiger partial charge in [0, 0.05) is 43.1 Å². The van der Waals surface area contributed by atoms with Crippen molar-refractivity contribution in [3.63, 3.8) is 0 Å². The Balaban J connectivity index is 1.94. The van der Waals surface area contributed by atoms with Gasteiger partial charge in [-0.05, 0) is 23.8 Å². The van der Waals surface area contributed by atoms with Gasteiger partial charge >= 0.3 is 0 Å². The van der Waals surface area contributed by atoms with Gasteiger partial charge in [0.05, 0.1) is 5.69 Å². The number of nitrogen functional groups attached to an aromatic ring is 3. The third-order valence-electron chi connectivity index (χ3n) is 4.76. The molecule has 1 amide bonds. The Hall–Kier alpha value is -4.09. The first-order valence-corrected chi connectivity index (χ1v) is 10.5. The maximum atomic E-state index is 13.2. The van der Waals surface area contributed by atoms with Crippen LogP contribution in [0, 0.1) is 5.41 Å². The van der Waals surface area contributed by atoms with Crippen molar-refractivity contribution in [2.75, 3.05) is 31.0 Å². The van der Waals surface area contributed by atoms with Crippen molar-refractivity contribution >= 4 is 40.5 Å². The summed E-state index contributed by atoms with van der Waals surface area (Å²) in [5, 5.41) is 11.8. The Kier molecular flexibility index (Phi) is 7.39. The van der Waals surface area contributed by atoms with E-state index in [2.05, 4.69) is 15.7 Å². The molecule has 1 heterocycles. The fraction of sp³-hybridized carbons (Fsp3) is 0.182. The van der Waals surface area contributed by atoms with E-state index >= 15 is 0 Å². The first kappa shape index (κ1) is 24.6. The van der Waals surface area contributed by atoms with Crippen molar-refractivity contribution in [2.24, 2.45) is 5.73 Å². The second-order valence-electron chi connectivity index (χ2n) is 7.77. The minimum atomic E-state index is -0.546. The minimum Gasteiger partial charge on any atom is -0.399 e. The van der Waals surface area contributed by atoms with Crippen molar-refractivity contribution in [2.45, 2.75) is 13.1 Å². The quantitative estimate of drug-likeness (QED) is 0.120. The summed E-state index contributed by atoms with van der Waals surface area (Å²) >= 11 is 6.46. The summed E-state index contributed by atoms with van der Waals surface area (Å²) in [6, 6.07) is 11.7. The topological polar surface area (TPSA) is 181 Å². The van der Waals surface area contributed by atoms with Crippen LogP contribution in [0.3, 0.4) is 0 Å². The lowest BCUT2D eigenvalue weighted by atomic mass is 10.1. The Morgan fingerprint density at radius 1 is 1.15 bits per heavy atom. The molecule has 9 N–H and O–H groups in total. The highest BCUT2D eigenvalue weighted by molar-refractivity contribution is 6.32. The number of hydrazine groups is 1. The van der Waals surface area contributed by atoms with Crippen molar-refractivity contribution < 1.29 is 4.79 Å². The lowest BCUT2D eigenvalue weighted by Gasteiger charge is -2.19. The molecular formula is C22H26ClN9O2. The summed E-state index contributed by atoms with van der Waals surface area (Å²) < 4.78 is 1.23. The van der Waals surface area contributed by atoms with E-state index in [0.29, 0.717) is 22.5 Å². The maximum Gasteiger partial charge on any atom is 0.295 e. The number of benzene rings is 2. The Morgan fingerprint density at radius 3 is 2.32 bits per heavy atom. The number of aromatic nitrogens is 2. The maximum absolute atomic E-state index is 13.2. The normalized spacial score (nSPS) is 10.8. The molecule has 3 aromatic rings. The second-order valence-corrected chi connectivity index (χ2v) is 8.13. The third-order valence-corrected chi connectivity index (χ3v) is 5.02. The van der Waals surface area contributed by atoms with E-state index < -0.39 is 11.5 Å². The number of carbonyl (C=O) groups excluding carboxylic acids is 1. The predicted molar refractivity (Wildman–Crippen MR) is 134 cm³/mol. The first-order valence-electron chi connectivity index (χ1n) is 10.2. The average molecular weight is 484 g/mol. The van der Waals surface area contributed by atoms with Gasteiger partial charge in [0.25, 0.3) is 5.56 Å². The van der Waals surface area contributed by atoms with Crippen molar-refractivity contribution in [1.82, 2.24) is 19.9 Å². The number of nitrogens with two attached hydrogens (primary N) is 3. The molecule has 0 saturated heterocycles. The molecule has 0 aliphatic heterocycles. The number of nitrogens with zero attached hydrogens (tertiary/aromatic N) is 3. The van der Waals surface area contributed by atoms with Gasteiger partial charge in [0.15, 0.2) is 5.15 Å². The Bertz CT molecular complexity index is 1270. The van der Waals surface area contributed by atoms with Gasteiger partial charge in [-0.1, -0.05) is 35.9 Å². The molecule has 0 bridgehead atoms. The molecule has 0 atom stereocenters. The number of hydrogen-bond donors (Lipinski definition) is 6. The Morgan fingerprint density at radius 2 is 1.76 bits per heavy atom. The lowest BCUT2D eigenvalue weighted by Crippen LogP contribution is -2.36. The number of carbonyl (C=O) groups is 1. The zero-order chi connectivity index (χ0) is 25.0. The fourth-order valence-corrected chi connectivity index (χ4v) is 3.56. The lowest BCUT2D eigenvalue weighted by molar-refractivity contribution is -0.121. The molecule has 12 heteroatoms. The van der Waals surface area contributed by atoms with Crippen LogP contribution in [0.5, 0.6) is 0 Å². The number of amides is 1. The van der Waals surface area contributed by atoms with Gasteiger partial charge < -0.3 is 22.5 Å². The highest BCUT2D eigenvalue weighted by Gasteiger charge is 2.20. The van der Waals surface area contributed by atoms with Crippen LogP contribution in [0.25, 0.3) is 11.3 Å². The molecule has 0 fully saturated rings. The van der Waals surface area contributed by atoms with E-state index in [4.69, 9.17) is 34.2 Å². The summed E-state index contributed by atoms with van der Waals surface area (Å²) in [6.07, 6.45) is 0. The van der Waals surface area contributed by atoms with Crippen molar-refractivity contribution in [3.8, 4) is 11.3 Å². The summed E-state index contributed by atoms with van der Waals surface area (Å²) in [5.74, 6) is -0.501. The zero-order valence-corrected chi connectivity index (χ0v) is 19.5. The molecule has 34 heavy (non-hydrogen) atoms. The van der Waals surface area contributed by atoms with Gasteiger partial charge in [0.2, 0.25) is 11.7 Å². The van der Waals surface area contributed by atoms with E-state index in [1.807, 2.05) is 0 Å². The molecule has 2 aromatic carbocycles. The highest BCUT2D eigenvalue weighted by Crippen LogP contribution is 2.29. The SMILES string of the molecule is CN(C)Nc1nc(Cl)c(-c2cc(N)cc(N)c2)n(CC(=O)NCc2ccc(C(=N)N)cc2)c1=O. The molecule has 0 aliphatic rings. The average Bonchev–Trinajstić information content (AvgIpc) is 2.75. The van der Waals surface area contributed by atoms with Gasteiger partial charge in [-0.25, -0.2) is 9.99 Å². The van der Waals surface area contributed by atoms with Crippen LogP contribution in [0.1, 0.15) is 11.1 Å². The molecule has 0 unspecified atom stereocenters. The molecule has 11 nitrogen and oxygen atoms in total. The van der Waals surface area contributed by atoms with Crippen LogP contribution in [-0.4, -0.2) is 40.4 Å². The number of amidine groups is 1. The van der Waals surface area contributed by atoms with Gasteiger partial charge in [-0.2, -0.15) is 0 Å². The molecule has 3 rings (SSSR count). The summed E-state index contributed by atoms with van der Waals surface area (Å²) in [5.41, 5.74) is 22.4. The van der Waals surface area contributed by atoms with Crippen LogP contribution in [0.4, 0.5) is 17.2 Å². The standard InChI is InChI=1S/C22H26ClN9O2/c1-31(2)30-21-22(34)32(18(19(23)29-21)14-7-15(24)9-16(25)8-14)11-17(33)28-10-12-3-5-13(6-4-12)20(26)27/h3-9H,10-11,24-25H2,1-2H3,(H3,26,27)(H,28,33)(H,29,30). The Labute approximate surface area is 201 Å². The van der Waals surface area contributed by atoms with E-state index in [-0.39, 0.29) is 35.6 Å². The minimum absolute atomic E-state index is 0.00146. The number of hydrogen-bond acceptors (Lipinski definition) is 8. The second kappa shape index (κ2) is 10.2. The molecule has 0 spiro atoms. The van der Waals surface area contributed by atoms with Gasteiger partial charge in [-0.3, -0.25) is 25.0 Å².